The second-order valence-corrected chi connectivity index (χ2v) is 8.82. The van der Waals surface area contributed by atoms with Crippen molar-refractivity contribution < 1.29 is 9.72 Å². The van der Waals surface area contributed by atoms with Gasteiger partial charge < -0.3 is 4.57 Å². The third kappa shape index (κ3) is 5.13. The number of benzene rings is 4. The lowest BCUT2D eigenvalue weighted by Crippen LogP contribution is -2.00. The Morgan fingerprint density at radius 3 is 1.97 bits per heavy atom. The van der Waals surface area contributed by atoms with Gasteiger partial charge in [-0.2, -0.15) is 0 Å². The molecule has 0 radical (unpaired) electrons. The van der Waals surface area contributed by atoms with Crippen LogP contribution in [0, 0.1) is 10.1 Å². The van der Waals surface area contributed by atoms with Gasteiger partial charge in [0.2, 0.25) is 0 Å². The number of non-ortho nitro benzene ring substituents is 1. The monoisotopic (exact) mass is 504 g/mol. The molecule has 5 aromatic rings. The molecule has 5 nitrogen and oxygen atoms in total. The van der Waals surface area contributed by atoms with Crippen molar-refractivity contribution in [2.75, 3.05) is 0 Å². The van der Waals surface area contributed by atoms with Gasteiger partial charge in [0.05, 0.1) is 16.3 Å². The fourth-order valence-electron chi connectivity index (χ4n) is 4.24. The highest BCUT2D eigenvalue weighted by molar-refractivity contribution is 6.30. The molecule has 5 rings (SSSR count). The highest BCUT2D eigenvalue weighted by Crippen LogP contribution is 2.37. The van der Waals surface area contributed by atoms with E-state index in [0.29, 0.717) is 10.6 Å². The van der Waals surface area contributed by atoms with Crippen molar-refractivity contribution >= 4 is 29.1 Å². The van der Waals surface area contributed by atoms with Crippen molar-refractivity contribution in [3.8, 4) is 28.2 Å². The van der Waals surface area contributed by atoms with Crippen LogP contribution in [0.4, 0.5) is 5.69 Å². The molecule has 4 aromatic carbocycles. The van der Waals surface area contributed by atoms with E-state index in [1.807, 2.05) is 84.9 Å². The van der Waals surface area contributed by atoms with Crippen LogP contribution >= 0.6 is 11.6 Å². The number of aromatic nitrogens is 1. The number of hydrogen-bond donors (Lipinski definition) is 0. The van der Waals surface area contributed by atoms with Crippen molar-refractivity contribution in [3.63, 3.8) is 0 Å². The highest BCUT2D eigenvalue weighted by atomic mass is 35.5. The molecule has 0 saturated carbocycles. The number of rotatable bonds is 7. The predicted octanol–water partition coefficient (Wildman–Crippen LogP) is 8.27. The zero-order valence-corrected chi connectivity index (χ0v) is 20.4. The number of ketones is 1. The Morgan fingerprint density at radius 2 is 1.38 bits per heavy atom. The lowest BCUT2D eigenvalue weighted by molar-refractivity contribution is -0.384. The van der Waals surface area contributed by atoms with E-state index in [1.165, 1.54) is 30.3 Å². The number of nitro groups is 1. The van der Waals surface area contributed by atoms with Gasteiger partial charge in [0.1, 0.15) is 0 Å². The minimum absolute atomic E-state index is 0.0561. The van der Waals surface area contributed by atoms with Crippen LogP contribution in [0.25, 0.3) is 34.3 Å². The molecule has 0 spiro atoms. The Bertz CT molecular complexity index is 1590. The summed E-state index contributed by atoms with van der Waals surface area (Å²) in [5, 5.41) is 11.6. The van der Waals surface area contributed by atoms with E-state index in [2.05, 4.69) is 10.6 Å². The molecule has 0 N–H and O–H groups in total. The van der Waals surface area contributed by atoms with Crippen molar-refractivity contribution in [1.29, 1.82) is 0 Å². The molecule has 1 heterocycles. The van der Waals surface area contributed by atoms with Gasteiger partial charge in [-0.1, -0.05) is 72.3 Å². The first-order valence-electron chi connectivity index (χ1n) is 11.6. The Morgan fingerprint density at radius 1 is 0.784 bits per heavy atom. The van der Waals surface area contributed by atoms with Crippen LogP contribution < -0.4 is 0 Å². The van der Waals surface area contributed by atoms with Gasteiger partial charge in [0.15, 0.2) is 5.78 Å². The maximum absolute atomic E-state index is 12.9. The first-order chi connectivity index (χ1) is 18.0. The van der Waals surface area contributed by atoms with Crippen LogP contribution in [0.2, 0.25) is 5.02 Å². The Balaban J connectivity index is 1.67. The van der Waals surface area contributed by atoms with Crippen LogP contribution in [0.5, 0.6) is 0 Å². The van der Waals surface area contributed by atoms with E-state index >= 15 is 0 Å². The molecule has 0 amide bonds. The van der Waals surface area contributed by atoms with E-state index in [0.717, 1.165) is 33.8 Å². The average molecular weight is 505 g/mol. The summed E-state index contributed by atoms with van der Waals surface area (Å²) in [6, 6.07) is 35.4. The Hall–Kier alpha value is -4.74. The molecule has 0 aliphatic rings. The second kappa shape index (κ2) is 10.5. The second-order valence-electron chi connectivity index (χ2n) is 8.38. The molecule has 0 aliphatic carbocycles. The van der Waals surface area contributed by atoms with Crippen molar-refractivity contribution in [1.82, 2.24) is 4.57 Å². The standard InChI is InChI=1S/C31H21ClN2O3/c32-26-14-18-27(19-15-26)33-29(22-7-3-1-4-8-22)21-25(31(33)24-9-5-2-6-10-24)13-20-30(35)23-11-16-28(17-12-23)34(36)37/h1-21H/b20-13+. The first-order valence-corrected chi connectivity index (χ1v) is 12.0. The number of carbonyl (C=O) groups excluding carboxylic acids is 1. The third-order valence-electron chi connectivity index (χ3n) is 6.01. The number of halogens is 1. The van der Waals surface area contributed by atoms with Gasteiger partial charge in [-0.15, -0.1) is 0 Å². The van der Waals surface area contributed by atoms with Crippen molar-refractivity contribution in [2.45, 2.75) is 0 Å². The van der Waals surface area contributed by atoms with E-state index < -0.39 is 4.92 Å². The largest absolute Gasteiger partial charge is 0.309 e. The molecule has 0 bridgehead atoms. The molecular weight excluding hydrogens is 484 g/mol. The Labute approximate surface area is 219 Å². The molecule has 180 valence electrons. The summed E-state index contributed by atoms with van der Waals surface area (Å²) < 4.78 is 2.16. The number of allylic oxidation sites excluding steroid dienone is 1. The van der Waals surface area contributed by atoms with Crippen LogP contribution in [0.1, 0.15) is 15.9 Å². The zero-order valence-electron chi connectivity index (χ0n) is 19.6. The minimum atomic E-state index is -0.485. The van der Waals surface area contributed by atoms with Gasteiger partial charge in [-0.25, -0.2) is 0 Å². The fourth-order valence-corrected chi connectivity index (χ4v) is 4.36. The van der Waals surface area contributed by atoms with Crippen LogP contribution in [-0.4, -0.2) is 15.3 Å². The van der Waals surface area contributed by atoms with Crippen LogP contribution in [0.3, 0.4) is 0 Å². The number of nitrogens with zero attached hydrogens (tertiary/aromatic N) is 2. The smallest absolute Gasteiger partial charge is 0.269 e. The summed E-state index contributed by atoms with van der Waals surface area (Å²) in [4.78, 5) is 23.4. The van der Waals surface area contributed by atoms with Crippen molar-refractivity contribution in [2.24, 2.45) is 0 Å². The van der Waals surface area contributed by atoms with Gasteiger partial charge in [0.25, 0.3) is 5.69 Å². The van der Waals surface area contributed by atoms with Crippen LogP contribution in [-0.2, 0) is 0 Å². The minimum Gasteiger partial charge on any atom is -0.309 e. The Kier molecular flexibility index (Phi) is 6.79. The fraction of sp³-hybridized carbons (Fsp3) is 0. The maximum Gasteiger partial charge on any atom is 0.269 e. The number of hydrogen-bond acceptors (Lipinski definition) is 3. The van der Waals surface area contributed by atoms with Crippen LogP contribution in [0.15, 0.2) is 121 Å². The third-order valence-corrected chi connectivity index (χ3v) is 6.26. The highest BCUT2D eigenvalue weighted by Gasteiger charge is 2.18. The summed E-state index contributed by atoms with van der Waals surface area (Å²) in [5.41, 5.74) is 6.01. The van der Waals surface area contributed by atoms with E-state index in [-0.39, 0.29) is 11.5 Å². The molecule has 37 heavy (non-hydrogen) atoms. The normalized spacial score (nSPS) is 11.1. The lowest BCUT2D eigenvalue weighted by Gasteiger charge is -2.15. The summed E-state index contributed by atoms with van der Waals surface area (Å²) in [6.45, 7) is 0. The first kappa shape index (κ1) is 24.0. The van der Waals surface area contributed by atoms with Gasteiger partial charge >= 0.3 is 0 Å². The molecule has 6 heteroatoms. The molecule has 0 atom stereocenters. The van der Waals surface area contributed by atoms with Gasteiger partial charge in [-0.05, 0) is 65.7 Å². The number of nitro benzene ring substituents is 1. The van der Waals surface area contributed by atoms with Crippen molar-refractivity contribution in [3.05, 3.63) is 148 Å². The summed E-state index contributed by atoms with van der Waals surface area (Å²) in [5.74, 6) is -0.241. The summed E-state index contributed by atoms with van der Waals surface area (Å²) in [6.07, 6.45) is 3.30. The summed E-state index contributed by atoms with van der Waals surface area (Å²) in [7, 11) is 0. The maximum atomic E-state index is 12.9. The molecule has 0 aliphatic heterocycles. The average Bonchev–Trinajstić information content (AvgIpc) is 3.32. The quantitative estimate of drug-likeness (QED) is 0.0969. The SMILES string of the molecule is O=C(/C=C/c1cc(-c2ccccc2)n(-c2ccc(Cl)cc2)c1-c1ccccc1)c1ccc([N+](=O)[O-])cc1. The number of carbonyl (C=O) groups is 1. The summed E-state index contributed by atoms with van der Waals surface area (Å²) >= 11 is 6.19. The predicted molar refractivity (Wildman–Crippen MR) is 148 cm³/mol. The lowest BCUT2D eigenvalue weighted by atomic mass is 10.0. The van der Waals surface area contributed by atoms with E-state index in [9.17, 15) is 14.9 Å². The molecule has 0 fully saturated rings. The van der Waals surface area contributed by atoms with Gasteiger partial charge in [-0.3, -0.25) is 14.9 Å². The molecular formula is C31H21ClN2O3. The zero-order chi connectivity index (χ0) is 25.8. The van der Waals surface area contributed by atoms with Gasteiger partial charge in [0, 0.05) is 34.0 Å². The molecule has 0 saturated heterocycles. The topological polar surface area (TPSA) is 65.1 Å². The molecule has 1 aromatic heterocycles. The molecule has 0 unspecified atom stereocenters. The van der Waals surface area contributed by atoms with E-state index in [1.54, 1.807) is 6.08 Å². The van der Waals surface area contributed by atoms with E-state index in [4.69, 9.17) is 11.6 Å².